The Morgan fingerprint density at radius 2 is 1.80 bits per heavy atom. The minimum Gasteiger partial charge on any atom is -0.355 e. The first-order valence-electron chi connectivity index (χ1n) is 9.35. The number of hydrogen-bond acceptors (Lipinski definition) is 5. The van der Waals surface area contributed by atoms with Crippen molar-refractivity contribution < 1.29 is 8.42 Å². The third kappa shape index (κ3) is 5.74. The fraction of sp³-hybridized carbons (Fsp3) is 0.938. The van der Waals surface area contributed by atoms with E-state index in [1.165, 1.54) is 12.8 Å². The molecule has 144 valence electrons. The fourth-order valence-corrected chi connectivity index (χ4v) is 5.98. The Hall–Kier alpha value is -0.510. The second-order valence-corrected chi connectivity index (χ2v) is 10.3. The normalized spacial score (nSPS) is 25.1. The highest BCUT2D eigenvalue weighted by molar-refractivity contribution is 7.99. The molecular formula is C16H31N5O2S2. The van der Waals surface area contributed by atoms with Crippen LogP contribution in [-0.2, 0) is 10.0 Å². The number of sulfonamides is 1. The molecule has 0 aromatic rings. The monoisotopic (exact) mass is 389 g/mol. The first-order valence-corrected chi connectivity index (χ1v) is 12.1. The summed E-state index contributed by atoms with van der Waals surface area (Å²) in [5.74, 6) is 2.64. The van der Waals surface area contributed by atoms with Gasteiger partial charge in [-0.15, -0.1) is 0 Å². The average Bonchev–Trinajstić information content (AvgIpc) is 3.47. The van der Waals surface area contributed by atoms with Gasteiger partial charge >= 0.3 is 0 Å². The highest BCUT2D eigenvalue weighted by atomic mass is 32.2. The van der Waals surface area contributed by atoms with E-state index in [9.17, 15) is 8.42 Å². The molecular weight excluding hydrogens is 358 g/mol. The fourth-order valence-electron chi connectivity index (χ4n) is 3.49. The van der Waals surface area contributed by atoms with E-state index in [1.54, 1.807) is 11.4 Å². The molecule has 9 heteroatoms. The summed E-state index contributed by atoms with van der Waals surface area (Å²) in [6, 6.07) is 1.27. The van der Waals surface area contributed by atoms with Gasteiger partial charge in [-0.3, -0.25) is 4.99 Å². The van der Waals surface area contributed by atoms with Gasteiger partial charge in [0.2, 0.25) is 10.0 Å². The predicted molar refractivity (Wildman–Crippen MR) is 105 cm³/mol. The maximum Gasteiger partial charge on any atom is 0.215 e. The molecule has 0 atom stereocenters. The highest BCUT2D eigenvalue weighted by Gasteiger charge is 2.32. The third-order valence-corrected chi connectivity index (χ3v) is 7.99. The molecule has 2 heterocycles. The first kappa shape index (κ1) is 19.3. The number of aliphatic imine (C=N–C) groups is 1. The number of rotatable bonds is 6. The molecule has 3 fully saturated rings. The molecule has 0 aromatic heterocycles. The Morgan fingerprint density at radius 1 is 1.12 bits per heavy atom. The van der Waals surface area contributed by atoms with Crippen molar-refractivity contribution in [1.29, 1.82) is 0 Å². The van der Waals surface area contributed by atoms with Gasteiger partial charge in [-0.1, -0.05) is 0 Å². The number of nitrogens with one attached hydrogen (secondary N) is 2. The lowest BCUT2D eigenvalue weighted by molar-refractivity contribution is 0.197. The topological polar surface area (TPSA) is 77.0 Å². The maximum atomic E-state index is 12.4. The predicted octanol–water partition coefficient (Wildman–Crippen LogP) is 0.157. The van der Waals surface area contributed by atoms with Gasteiger partial charge in [0.25, 0.3) is 0 Å². The van der Waals surface area contributed by atoms with E-state index >= 15 is 0 Å². The summed E-state index contributed by atoms with van der Waals surface area (Å²) in [6.07, 6.45) is 4.99. The molecule has 0 radical (unpaired) electrons. The molecule has 0 spiro atoms. The van der Waals surface area contributed by atoms with Gasteiger partial charge in [0, 0.05) is 63.4 Å². The van der Waals surface area contributed by atoms with Crippen molar-refractivity contribution >= 4 is 27.7 Å². The molecule has 2 N–H and O–H groups in total. The molecule has 0 aromatic carbocycles. The second kappa shape index (κ2) is 8.92. The van der Waals surface area contributed by atoms with Gasteiger partial charge in [0.1, 0.15) is 0 Å². The maximum absolute atomic E-state index is 12.4. The zero-order valence-corrected chi connectivity index (χ0v) is 16.7. The van der Waals surface area contributed by atoms with E-state index in [0.717, 1.165) is 43.5 Å². The molecule has 2 aliphatic heterocycles. The minimum absolute atomic E-state index is 0.124. The highest BCUT2D eigenvalue weighted by Crippen LogP contribution is 2.29. The smallest absolute Gasteiger partial charge is 0.215 e. The van der Waals surface area contributed by atoms with Crippen molar-refractivity contribution in [1.82, 2.24) is 19.8 Å². The lowest BCUT2D eigenvalue weighted by Gasteiger charge is -2.33. The van der Waals surface area contributed by atoms with E-state index in [0.29, 0.717) is 31.6 Å². The van der Waals surface area contributed by atoms with Gasteiger partial charge < -0.3 is 15.5 Å². The Labute approximate surface area is 156 Å². The van der Waals surface area contributed by atoms with E-state index < -0.39 is 10.0 Å². The van der Waals surface area contributed by atoms with E-state index in [2.05, 4.69) is 20.5 Å². The van der Waals surface area contributed by atoms with Gasteiger partial charge in [-0.25, -0.2) is 12.7 Å². The van der Waals surface area contributed by atoms with Crippen molar-refractivity contribution in [2.45, 2.75) is 37.8 Å². The summed E-state index contributed by atoms with van der Waals surface area (Å²) in [5, 5.41) is 6.62. The number of hydrogen-bond donors (Lipinski definition) is 2. The van der Waals surface area contributed by atoms with Crippen LogP contribution in [0.5, 0.6) is 0 Å². The van der Waals surface area contributed by atoms with Crippen LogP contribution in [0, 0.1) is 0 Å². The molecule has 3 aliphatic rings. The molecule has 25 heavy (non-hydrogen) atoms. The SMILES string of the molecule is CN=C(NCCS(=O)(=O)N1CCSCC1)NC1CCN(C2CC2)CC1. The summed E-state index contributed by atoms with van der Waals surface area (Å²) in [4.78, 5) is 6.84. The molecule has 1 saturated carbocycles. The number of thioether (sulfide) groups is 1. The minimum atomic E-state index is -3.16. The van der Waals surface area contributed by atoms with Crippen molar-refractivity contribution in [2.24, 2.45) is 4.99 Å². The zero-order valence-electron chi connectivity index (χ0n) is 15.1. The van der Waals surface area contributed by atoms with E-state index in [-0.39, 0.29) is 5.75 Å². The quantitative estimate of drug-likeness (QED) is 0.498. The molecule has 1 aliphatic carbocycles. The van der Waals surface area contributed by atoms with Gasteiger partial charge in [0.15, 0.2) is 5.96 Å². The first-order chi connectivity index (χ1) is 12.1. The lowest BCUT2D eigenvalue weighted by Crippen LogP contribution is -2.50. The van der Waals surface area contributed by atoms with Crippen LogP contribution in [0.1, 0.15) is 25.7 Å². The van der Waals surface area contributed by atoms with Crippen LogP contribution >= 0.6 is 11.8 Å². The van der Waals surface area contributed by atoms with Gasteiger partial charge in [-0.2, -0.15) is 11.8 Å². The summed E-state index contributed by atoms with van der Waals surface area (Å²) in [6.45, 7) is 3.98. The van der Waals surface area contributed by atoms with Crippen LogP contribution in [-0.4, -0.2) is 92.7 Å². The Balaban J connectivity index is 1.37. The van der Waals surface area contributed by atoms with Crippen molar-refractivity contribution in [3.63, 3.8) is 0 Å². The lowest BCUT2D eigenvalue weighted by atomic mass is 10.1. The van der Waals surface area contributed by atoms with Crippen LogP contribution in [0.15, 0.2) is 4.99 Å². The summed E-state index contributed by atoms with van der Waals surface area (Å²) >= 11 is 1.82. The number of likely N-dealkylation sites (tertiary alicyclic amines) is 1. The van der Waals surface area contributed by atoms with Gasteiger partial charge in [-0.05, 0) is 25.7 Å². The number of nitrogens with zero attached hydrogens (tertiary/aromatic N) is 3. The second-order valence-electron chi connectivity index (χ2n) is 7.01. The number of guanidine groups is 1. The van der Waals surface area contributed by atoms with Crippen molar-refractivity contribution in [3.8, 4) is 0 Å². The van der Waals surface area contributed by atoms with Crippen molar-refractivity contribution in [3.05, 3.63) is 0 Å². The Morgan fingerprint density at radius 3 is 2.40 bits per heavy atom. The summed E-state index contributed by atoms with van der Waals surface area (Å²) < 4.78 is 26.3. The van der Waals surface area contributed by atoms with Crippen molar-refractivity contribution in [2.75, 3.05) is 57.0 Å². The van der Waals surface area contributed by atoms with Crippen LogP contribution < -0.4 is 10.6 Å². The molecule has 2 saturated heterocycles. The number of piperidine rings is 1. The molecule has 0 amide bonds. The third-order valence-electron chi connectivity index (χ3n) is 5.17. The van der Waals surface area contributed by atoms with Gasteiger partial charge in [0.05, 0.1) is 5.75 Å². The van der Waals surface area contributed by atoms with Crippen LogP contribution in [0.3, 0.4) is 0 Å². The van der Waals surface area contributed by atoms with E-state index in [1.807, 2.05) is 11.8 Å². The summed E-state index contributed by atoms with van der Waals surface area (Å²) in [7, 11) is -1.42. The average molecular weight is 390 g/mol. The van der Waals surface area contributed by atoms with Crippen LogP contribution in [0.2, 0.25) is 0 Å². The molecule has 0 unspecified atom stereocenters. The largest absolute Gasteiger partial charge is 0.355 e. The molecule has 7 nitrogen and oxygen atoms in total. The van der Waals surface area contributed by atoms with Crippen LogP contribution in [0.25, 0.3) is 0 Å². The summed E-state index contributed by atoms with van der Waals surface area (Å²) in [5.41, 5.74) is 0. The zero-order chi connectivity index (χ0) is 17.7. The van der Waals surface area contributed by atoms with E-state index in [4.69, 9.17) is 0 Å². The standard InChI is InChI=1S/C16H31N5O2S2/c1-17-16(19-14-4-7-20(8-5-14)15-2-3-15)18-6-13-25(22,23)21-9-11-24-12-10-21/h14-15H,2-13H2,1H3,(H2,17,18,19). The van der Waals surface area contributed by atoms with Crippen LogP contribution in [0.4, 0.5) is 0 Å². The Kier molecular flexibility index (Phi) is 6.87. The molecule has 3 rings (SSSR count). The Bertz CT molecular complexity index is 551. The molecule has 0 bridgehead atoms.